The molecule has 3 atom stereocenters. The second kappa shape index (κ2) is 6.23. The molecule has 0 unspecified atom stereocenters. The minimum atomic E-state index is -0.102. The third-order valence-electron chi connectivity index (χ3n) is 5.55. The van der Waals surface area contributed by atoms with E-state index in [1.54, 1.807) is 7.11 Å². The minimum absolute atomic E-state index is 0.102. The highest BCUT2D eigenvalue weighted by Crippen LogP contribution is 2.55. The molecule has 0 radical (unpaired) electrons. The predicted octanol–water partition coefficient (Wildman–Crippen LogP) is 5.33. The highest BCUT2D eigenvalue weighted by atomic mass is 79.9. The SMILES string of the molecule is COCOc1cc2c(cc1Br)O[C@]1(C)CC[C@@H](Br)C(C)(C)[C@H]1C2. The van der Waals surface area contributed by atoms with Crippen LogP contribution in [-0.2, 0) is 11.2 Å². The molecule has 1 aromatic rings. The summed E-state index contributed by atoms with van der Waals surface area (Å²) in [6.45, 7) is 7.22. The Kier molecular flexibility index (Phi) is 4.76. The van der Waals surface area contributed by atoms with E-state index in [4.69, 9.17) is 14.2 Å². The summed E-state index contributed by atoms with van der Waals surface area (Å²) in [6.07, 6.45) is 3.24. The summed E-state index contributed by atoms with van der Waals surface area (Å²) in [4.78, 5) is 0.526. The van der Waals surface area contributed by atoms with Crippen LogP contribution in [0.1, 0.15) is 39.2 Å². The summed E-state index contributed by atoms with van der Waals surface area (Å²) < 4.78 is 18.1. The zero-order valence-corrected chi connectivity index (χ0v) is 17.3. The van der Waals surface area contributed by atoms with E-state index >= 15 is 0 Å². The maximum absolute atomic E-state index is 6.51. The lowest BCUT2D eigenvalue weighted by Crippen LogP contribution is -2.57. The van der Waals surface area contributed by atoms with Gasteiger partial charge in [-0.15, -0.1) is 0 Å². The molecule has 2 aliphatic rings. The molecule has 1 heterocycles. The molecule has 1 aliphatic heterocycles. The Balaban J connectivity index is 1.97. The summed E-state index contributed by atoms with van der Waals surface area (Å²) in [5.74, 6) is 2.25. The van der Waals surface area contributed by atoms with Gasteiger partial charge in [0.2, 0.25) is 0 Å². The fourth-order valence-corrected chi connectivity index (χ4v) is 5.09. The number of ether oxygens (including phenoxy) is 3. The van der Waals surface area contributed by atoms with Crippen LogP contribution in [0.3, 0.4) is 0 Å². The van der Waals surface area contributed by atoms with E-state index in [-0.39, 0.29) is 17.8 Å². The smallest absolute Gasteiger partial charge is 0.188 e. The maximum Gasteiger partial charge on any atom is 0.188 e. The van der Waals surface area contributed by atoms with Crippen molar-refractivity contribution in [3.05, 3.63) is 22.2 Å². The Morgan fingerprint density at radius 3 is 2.74 bits per heavy atom. The zero-order valence-electron chi connectivity index (χ0n) is 14.1. The van der Waals surface area contributed by atoms with Crippen LogP contribution in [0.25, 0.3) is 0 Å². The van der Waals surface area contributed by atoms with Crippen molar-refractivity contribution in [1.29, 1.82) is 0 Å². The van der Waals surface area contributed by atoms with Crippen LogP contribution < -0.4 is 9.47 Å². The van der Waals surface area contributed by atoms with Crippen molar-refractivity contribution in [3.63, 3.8) is 0 Å². The van der Waals surface area contributed by atoms with Crippen molar-refractivity contribution in [2.75, 3.05) is 13.9 Å². The predicted molar refractivity (Wildman–Crippen MR) is 98.6 cm³/mol. The van der Waals surface area contributed by atoms with Gasteiger partial charge in [0.05, 0.1) is 4.47 Å². The number of methoxy groups -OCH3 is 1. The van der Waals surface area contributed by atoms with Crippen molar-refractivity contribution in [1.82, 2.24) is 0 Å². The van der Waals surface area contributed by atoms with E-state index in [1.807, 2.05) is 6.07 Å². The quantitative estimate of drug-likeness (QED) is 0.463. The second-order valence-electron chi connectivity index (χ2n) is 7.44. The average molecular weight is 448 g/mol. The van der Waals surface area contributed by atoms with Gasteiger partial charge in [-0.1, -0.05) is 29.8 Å². The average Bonchev–Trinajstić information content (AvgIpc) is 2.49. The number of hydrogen-bond acceptors (Lipinski definition) is 3. The van der Waals surface area contributed by atoms with Crippen LogP contribution >= 0.6 is 31.9 Å². The Morgan fingerprint density at radius 2 is 2.04 bits per heavy atom. The Hall–Kier alpha value is -0.260. The first-order valence-electron chi connectivity index (χ1n) is 8.05. The lowest BCUT2D eigenvalue weighted by Gasteiger charge is -2.55. The third kappa shape index (κ3) is 3.05. The van der Waals surface area contributed by atoms with Crippen molar-refractivity contribution in [3.8, 4) is 11.5 Å². The third-order valence-corrected chi connectivity index (χ3v) is 7.81. The molecule has 1 aliphatic carbocycles. The molecule has 0 spiro atoms. The van der Waals surface area contributed by atoms with Crippen LogP contribution in [0.5, 0.6) is 11.5 Å². The summed E-state index contributed by atoms with van der Waals surface area (Å²) in [5, 5.41) is 0. The Labute approximate surface area is 155 Å². The van der Waals surface area contributed by atoms with Crippen LogP contribution in [0, 0.1) is 11.3 Å². The number of benzene rings is 1. The highest BCUT2D eigenvalue weighted by molar-refractivity contribution is 9.10. The van der Waals surface area contributed by atoms with Crippen LogP contribution in [0.4, 0.5) is 0 Å². The fourth-order valence-electron chi connectivity index (χ4n) is 4.10. The number of alkyl halides is 1. The van der Waals surface area contributed by atoms with Crippen molar-refractivity contribution in [2.24, 2.45) is 11.3 Å². The van der Waals surface area contributed by atoms with Crippen molar-refractivity contribution in [2.45, 2.75) is 50.5 Å². The molecule has 0 saturated heterocycles. The van der Waals surface area contributed by atoms with Crippen molar-refractivity contribution < 1.29 is 14.2 Å². The van der Waals surface area contributed by atoms with E-state index in [0.717, 1.165) is 35.2 Å². The molecule has 3 rings (SSSR count). The van der Waals surface area contributed by atoms with Crippen LogP contribution in [-0.4, -0.2) is 24.3 Å². The lowest BCUT2D eigenvalue weighted by atomic mass is 9.59. The van der Waals surface area contributed by atoms with Gasteiger partial charge in [-0.05, 0) is 65.2 Å². The van der Waals surface area contributed by atoms with E-state index in [9.17, 15) is 0 Å². The van der Waals surface area contributed by atoms with Gasteiger partial charge in [0, 0.05) is 17.9 Å². The normalized spacial score (nSPS) is 31.7. The monoisotopic (exact) mass is 446 g/mol. The maximum atomic E-state index is 6.51. The first kappa shape index (κ1) is 17.6. The number of rotatable bonds is 3. The summed E-state index contributed by atoms with van der Waals surface area (Å²) >= 11 is 7.47. The van der Waals surface area contributed by atoms with Gasteiger partial charge in [0.25, 0.3) is 0 Å². The Morgan fingerprint density at radius 1 is 1.30 bits per heavy atom. The molecule has 0 bridgehead atoms. The molecule has 23 heavy (non-hydrogen) atoms. The molecular formula is C18H24Br2O3. The molecule has 1 saturated carbocycles. The van der Waals surface area contributed by atoms with E-state index < -0.39 is 0 Å². The van der Waals surface area contributed by atoms with Gasteiger partial charge in [0.1, 0.15) is 17.1 Å². The van der Waals surface area contributed by atoms with E-state index in [0.29, 0.717) is 10.7 Å². The van der Waals surface area contributed by atoms with E-state index in [1.165, 1.54) is 5.56 Å². The molecular weight excluding hydrogens is 424 g/mol. The van der Waals surface area contributed by atoms with Gasteiger partial charge in [-0.3, -0.25) is 0 Å². The molecule has 1 aromatic carbocycles. The Bertz CT molecular complexity index is 602. The molecule has 0 amide bonds. The van der Waals surface area contributed by atoms with Crippen LogP contribution in [0.15, 0.2) is 16.6 Å². The molecule has 0 aromatic heterocycles. The zero-order chi connectivity index (χ0) is 16.8. The lowest BCUT2D eigenvalue weighted by molar-refractivity contribution is -0.0774. The minimum Gasteiger partial charge on any atom is -0.487 e. The summed E-state index contributed by atoms with van der Waals surface area (Å²) in [7, 11) is 1.63. The van der Waals surface area contributed by atoms with Gasteiger partial charge in [-0.25, -0.2) is 0 Å². The number of fused-ring (bicyclic) bond motifs is 2. The van der Waals surface area contributed by atoms with Gasteiger partial charge < -0.3 is 14.2 Å². The van der Waals surface area contributed by atoms with Gasteiger partial charge in [-0.2, -0.15) is 0 Å². The second-order valence-corrected chi connectivity index (χ2v) is 9.40. The first-order valence-corrected chi connectivity index (χ1v) is 9.76. The molecule has 0 N–H and O–H groups in total. The standard InChI is InChI=1S/C18H24Br2O3/c1-17(2)15-8-11-7-14(22-10-21-4)12(19)9-13(11)23-18(15,3)6-5-16(17)20/h7,9,15-16H,5-6,8,10H2,1-4H3/t15-,16-,18-/m1/s1. The fraction of sp³-hybridized carbons (Fsp3) is 0.667. The largest absolute Gasteiger partial charge is 0.487 e. The van der Waals surface area contributed by atoms with Gasteiger partial charge >= 0.3 is 0 Å². The van der Waals surface area contributed by atoms with Crippen LogP contribution in [0.2, 0.25) is 0 Å². The van der Waals surface area contributed by atoms with Gasteiger partial charge in [0.15, 0.2) is 6.79 Å². The summed E-state index contributed by atoms with van der Waals surface area (Å²) in [6, 6.07) is 4.13. The van der Waals surface area contributed by atoms with Crippen molar-refractivity contribution >= 4 is 31.9 Å². The molecule has 5 heteroatoms. The molecule has 1 fully saturated rings. The topological polar surface area (TPSA) is 27.7 Å². The molecule has 128 valence electrons. The first-order chi connectivity index (χ1) is 10.8. The molecule has 3 nitrogen and oxygen atoms in total. The summed E-state index contributed by atoms with van der Waals surface area (Å²) in [5.41, 5.74) is 1.30. The number of halogens is 2. The van der Waals surface area contributed by atoms with E-state index in [2.05, 4.69) is 58.7 Å². The highest BCUT2D eigenvalue weighted by Gasteiger charge is 2.54. The number of hydrogen-bond donors (Lipinski definition) is 0.